The topological polar surface area (TPSA) is 61.3 Å². The van der Waals surface area contributed by atoms with Gasteiger partial charge in [0.15, 0.2) is 11.6 Å². The van der Waals surface area contributed by atoms with Gasteiger partial charge in [-0.3, -0.25) is 0 Å². The standard InChI is InChI=1S/C13H20F2N2O/c1-13(2,7-16)6-11(17)8-4-10(15)12(18-3)5-9(8)14/h4-5,11H,6-7,16-17H2,1-3H3. The van der Waals surface area contributed by atoms with Gasteiger partial charge in [-0.25, -0.2) is 8.78 Å². The molecule has 102 valence electrons. The van der Waals surface area contributed by atoms with Gasteiger partial charge < -0.3 is 16.2 Å². The van der Waals surface area contributed by atoms with Crippen LogP contribution in [0.2, 0.25) is 0 Å². The Balaban J connectivity index is 2.99. The summed E-state index contributed by atoms with van der Waals surface area (Å²) < 4.78 is 32.0. The molecular weight excluding hydrogens is 238 g/mol. The summed E-state index contributed by atoms with van der Waals surface area (Å²) in [4.78, 5) is 0. The third-order valence-corrected chi connectivity index (χ3v) is 3.00. The number of rotatable bonds is 5. The summed E-state index contributed by atoms with van der Waals surface area (Å²) in [6.45, 7) is 4.30. The lowest BCUT2D eigenvalue weighted by atomic mass is 9.84. The zero-order valence-corrected chi connectivity index (χ0v) is 11.0. The van der Waals surface area contributed by atoms with E-state index in [2.05, 4.69) is 0 Å². The van der Waals surface area contributed by atoms with E-state index >= 15 is 0 Å². The van der Waals surface area contributed by atoms with Crippen LogP contribution in [-0.4, -0.2) is 13.7 Å². The van der Waals surface area contributed by atoms with Crippen molar-refractivity contribution in [2.45, 2.75) is 26.3 Å². The molecule has 0 aliphatic carbocycles. The average Bonchev–Trinajstić information content (AvgIpc) is 2.30. The average molecular weight is 258 g/mol. The quantitative estimate of drug-likeness (QED) is 0.852. The third kappa shape index (κ3) is 3.40. The van der Waals surface area contributed by atoms with Crippen molar-refractivity contribution in [1.29, 1.82) is 0 Å². The molecule has 0 heterocycles. The fraction of sp³-hybridized carbons (Fsp3) is 0.538. The van der Waals surface area contributed by atoms with E-state index in [1.807, 2.05) is 13.8 Å². The maximum atomic E-state index is 13.8. The van der Waals surface area contributed by atoms with Gasteiger partial charge in [0, 0.05) is 17.7 Å². The van der Waals surface area contributed by atoms with E-state index in [1.165, 1.54) is 7.11 Å². The second-order valence-corrected chi connectivity index (χ2v) is 5.19. The van der Waals surface area contributed by atoms with Crippen LogP contribution in [0, 0.1) is 17.0 Å². The van der Waals surface area contributed by atoms with Gasteiger partial charge >= 0.3 is 0 Å². The van der Waals surface area contributed by atoms with Crippen molar-refractivity contribution in [2.75, 3.05) is 13.7 Å². The smallest absolute Gasteiger partial charge is 0.165 e. The molecule has 4 N–H and O–H groups in total. The molecule has 1 atom stereocenters. The van der Waals surface area contributed by atoms with Gasteiger partial charge in [0.2, 0.25) is 0 Å². The molecule has 0 saturated carbocycles. The summed E-state index contributed by atoms with van der Waals surface area (Å²) in [5.41, 5.74) is 11.4. The SMILES string of the molecule is COc1cc(F)c(C(N)CC(C)(C)CN)cc1F. The van der Waals surface area contributed by atoms with Gasteiger partial charge in [-0.2, -0.15) is 0 Å². The number of hydrogen-bond acceptors (Lipinski definition) is 3. The van der Waals surface area contributed by atoms with E-state index in [1.54, 1.807) is 0 Å². The number of methoxy groups -OCH3 is 1. The highest BCUT2D eigenvalue weighted by Crippen LogP contribution is 2.31. The molecule has 0 spiro atoms. The molecular formula is C13H20F2N2O. The molecule has 1 aromatic rings. The van der Waals surface area contributed by atoms with Gasteiger partial charge in [-0.15, -0.1) is 0 Å². The lowest BCUT2D eigenvalue weighted by Gasteiger charge is -2.26. The molecule has 3 nitrogen and oxygen atoms in total. The largest absolute Gasteiger partial charge is 0.494 e. The first-order valence-corrected chi connectivity index (χ1v) is 5.79. The van der Waals surface area contributed by atoms with Gasteiger partial charge in [0.1, 0.15) is 5.82 Å². The Bertz CT molecular complexity index is 422. The Kier molecular flexibility index (Phi) is 4.65. The molecule has 0 saturated heterocycles. The number of ether oxygens (including phenoxy) is 1. The van der Waals surface area contributed by atoms with Crippen LogP contribution in [0.25, 0.3) is 0 Å². The second-order valence-electron chi connectivity index (χ2n) is 5.19. The first kappa shape index (κ1) is 14.9. The second kappa shape index (κ2) is 5.63. The number of halogens is 2. The van der Waals surface area contributed by atoms with E-state index in [9.17, 15) is 8.78 Å². The van der Waals surface area contributed by atoms with Crippen molar-refractivity contribution in [3.63, 3.8) is 0 Å². The summed E-state index contributed by atoms with van der Waals surface area (Å²) in [6, 6.07) is 1.51. The zero-order valence-electron chi connectivity index (χ0n) is 11.0. The summed E-state index contributed by atoms with van der Waals surface area (Å²) in [5.74, 6) is -1.30. The van der Waals surface area contributed by atoms with Crippen LogP contribution < -0.4 is 16.2 Å². The molecule has 0 aliphatic rings. The van der Waals surface area contributed by atoms with E-state index in [0.717, 1.165) is 12.1 Å². The first-order chi connectivity index (χ1) is 8.30. The van der Waals surface area contributed by atoms with Crippen LogP contribution in [0.4, 0.5) is 8.78 Å². The van der Waals surface area contributed by atoms with Crippen LogP contribution in [0.5, 0.6) is 5.75 Å². The molecule has 0 bridgehead atoms. The van der Waals surface area contributed by atoms with E-state index in [-0.39, 0.29) is 16.7 Å². The Morgan fingerprint density at radius 2 is 1.89 bits per heavy atom. The van der Waals surface area contributed by atoms with Crippen LogP contribution in [0.15, 0.2) is 12.1 Å². The highest BCUT2D eigenvalue weighted by molar-refractivity contribution is 5.32. The Labute approximate surface area is 106 Å². The minimum absolute atomic E-state index is 0.124. The van der Waals surface area contributed by atoms with Crippen LogP contribution in [-0.2, 0) is 0 Å². The lowest BCUT2D eigenvalue weighted by Crippen LogP contribution is -2.29. The number of nitrogens with two attached hydrogens (primary N) is 2. The molecule has 0 aliphatic heterocycles. The normalized spacial score (nSPS) is 13.5. The van der Waals surface area contributed by atoms with Crippen molar-refractivity contribution < 1.29 is 13.5 Å². The summed E-state index contributed by atoms with van der Waals surface area (Å²) in [5, 5.41) is 0. The van der Waals surface area contributed by atoms with Gasteiger partial charge in [-0.05, 0) is 24.4 Å². The highest BCUT2D eigenvalue weighted by atomic mass is 19.1. The van der Waals surface area contributed by atoms with Gasteiger partial charge in [0.05, 0.1) is 7.11 Å². The lowest BCUT2D eigenvalue weighted by molar-refractivity contribution is 0.313. The molecule has 1 aromatic carbocycles. The minimum Gasteiger partial charge on any atom is -0.494 e. The van der Waals surface area contributed by atoms with Crippen LogP contribution in [0.1, 0.15) is 31.9 Å². The maximum Gasteiger partial charge on any atom is 0.165 e. The predicted molar refractivity (Wildman–Crippen MR) is 67.3 cm³/mol. The van der Waals surface area contributed by atoms with E-state index in [0.29, 0.717) is 13.0 Å². The summed E-state index contributed by atoms with van der Waals surface area (Å²) in [7, 11) is 1.29. The Morgan fingerprint density at radius 1 is 1.28 bits per heavy atom. The van der Waals surface area contributed by atoms with Crippen molar-refractivity contribution in [3.8, 4) is 5.75 Å². The molecule has 0 radical (unpaired) electrons. The Morgan fingerprint density at radius 3 is 2.39 bits per heavy atom. The third-order valence-electron chi connectivity index (χ3n) is 3.00. The molecule has 18 heavy (non-hydrogen) atoms. The minimum atomic E-state index is -0.616. The molecule has 0 fully saturated rings. The van der Waals surface area contributed by atoms with Crippen LogP contribution in [0.3, 0.4) is 0 Å². The summed E-state index contributed by atoms with van der Waals surface area (Å²) >= 11 is 0. The van der Waals surface area contributed by atoms with Gasteiger partial charge in [0.25, 0.3) is 0 Å². The van der Waals surface area contributed by atoms with E-state index in [4.69, 9.17) is 16.2 Å². The fourth-order valence-corrected chi connectivity index (χ4v) is 1.77. The number of benzene rings is 1. The molecule has 0 aromatic heterocycles. The number of hydrogen-bond donors (Lipinski definition) is 2. The first-order valence-electron chi connectivity index (χ1n) is 5.79. The van der Waals surface area contributed by atoms with Crippen molar-refractivity contribution in [2.24, 2.45) is 16.9 Å². The monoisotopic (exact) mass is 258 g/mol. The maximum absolute atomic E-state index is 13.8. The van der Waals surface area contributed by atoms with E-state index < -0.39 is 17.7 Å². The van der Waals surface area contributed by atoms with Crippen molar-refractivity contribution in [1.82, 2.24) is 0 Å². The van der Waals surface area contributed by atoms with Crippen LogP contribution >= 0.6 is 0 Å². The van der Waals surface area contributed by atoms with Crippen molar-refractivity contribution in [3.05, 3.63) is 29.3 Å². The molecule has 1 unspecified atom stereocenters. The van der Waals surface area contributed by atoms with Gasteiger partial charge in [-0.1, -0.05) is 13.8 Å². The highest BCUT2D eigenvalue weighted by Gasteiger charge is 2.23. The molecule has 5 heteroatoms. The fourth-order valence-electron chi connectivity index (χ4n) is 1.77. The Hall–Kier alpha value is -1.20. The van der Waals surface area contributed by atoms with Crippen molar-refractivity contribution >= 4 is 0 Å². The zero-order chi connectivity index (χ0) is 13.9. The molecule has 0 amide bonds. The predicted octanol–water partition coefficient (Wildman–Crippen LogP) is 2.35. The summed E-state index contributed by atoms with van der Waals surface area (Å²) in [6.07, 6.45) is 0.478. The molecule has 1 rings (SSSR count).